The average molecular weight is 272 g/mol. The van der Waals surface area contributed by atoms with Crippen molar-refractivity contribution in [3.05, 3.63) is 35.4 Å². The minimum Gasteiger partial charge on any atom is -0.396 e. The summed E-state index contributed by atoms with van der Waals surface area (Å²) in [5.74, 6) is 0. The minimum absolute atomic E-state index is 0.106. The Hall–Kier alpha value is -1.58. The third-order valence-corrected chi connectivity index (χ3v) is 2.50. The highest BCUT2D eigenvalue weighted by Gasteiger charge is 2.30. The van der Waals surface area contributed by atoms with Crippen LogP contribution in [0.2, 0.25) is 0 Å². The third kappa shape index (κ3) is 6.22. The summed E-state index contributed by atoms with van der Waals surface area (Å²) in [6, 6.07) is 8.45. The lowest BCUT2D eigenvalue weighted by Crippen LogP contribution is -2.34. The first kappa shape index (κ1) is 15.5. The SMILES string of the molecule is N#Cc1cccc(CN(CCCO)CC(F)(F)F)c1. The Balaban J connectivity index is 2.72. The maximum atomic E-state index is 12.4. The zero-order valence-corrected chi connectivity index (χ0v) is 10.3. The quantitative estimate of drug-likeness (QED) is 0.864. The van der Waals surface area contributed by atoms with Crippen LogP contribution < -0.4 is 0 Å². The molecule has 0 heterocycles. The lowest BCUT2D eigenvalue weighted by molar-refractivity contribution is -0.147. The smallest absolute Gasteiger partial charge is 0.396 e. The zero-order valence-electron chi connectivity index (χ0n) is 10.3. The fourth-order valence-corrected chi connectivity index (χ4v) is 1.76. The van der Waals surface area contributed by atoms with Crippen LogP contribution in [0.5, 0.6) is 0 Å². The van der Waals surface area contributed by atoms with Crippen LogP contribution in [0.1, 0.15) is 17.5 Å². The van der Waals surface area contributed by atoms with Crippen molar-refractivity contribution in [2.24, 2.45) is 0 Å². The molecule has 0 bridgehead atoms. The number of hydrogen-bond acceptors (Lipinski definition) is 3. The van der Waals surface area contributed by atoms with Gasteiger partial charge in [-0.1, -0.05) is 12.1 Å². The van der Waals surface area contributed by atoms with E-state index in [1.807, 2.05) is 6.07 Å². The van der Waals surface area contributed by atoms with Gasteiger partial charge in [0, 0.05) is 19.7 Å². The summed E-state index contributed by atoms with van der Waals surface area (Å²) in [4.78, 5) is 1.21. The Morgan fingerprint density at radius 1 is 1.32 bits per heavy atom. The normalized spacial score (nSPS) is 11.6. The number of aliphatic hydroxyl groups is 1. The van der Waals surface area contributed by atoms with Gasteiger partial charge in [0.1, 0.15) is 0 Å². The van der Waals surface area contributed by atoms with Gasteiger partial charge < -0.3 is 5.11 Å². The Kier molecular flexibility index (Phi) is 5.80. The van der Waals surface area contributed by atoms with Crippen molar-refractivity contribution in [2.75, 3.05) is 19.7 Å². The maximum absolute atomic E-state index is 12.4. The number of halogens is 3. The molecule has 0 spiro atoms. The molecule has 0 saturated carbocycles. The Morgan fingerprint density at radius 3 is 2.63 bits per heavy atom. The van der Waals surface area contributed by atoms with Crippen LogP contribution in [-0.2, 0) is 6.54 Å². The highest BCUT2D eigenvalue weighted by Crippen LogP contribution is 2.18. The second kappa shape index (κ2) is 7.12. The number of aliphatic hydroxyl groups excluding tert-OH is 1. The van der Waals surface area contributed by atoms with Crippen LogP contribution in [-0.4, -0.2) is 35.9 Å². The van der Waals surface area contributed by atoms with Crippen molar-refractivity contribution >= 4 is 0 Å². The Labute approximate surface area is 109 Å². The number of nitriles is 1. The molecule has 104 valence electrons. The van der Waals surface area contributed by atoms with Crippen molar-refractivity contribution in [3.63, 3.8) is 0 Å². The lowest BCUT2D eigenvalue weighted by atomic mass is 10.1. The van der Waals surface area contributed by atoms with E-state index < -0.39 is 12.7 Å². The van der Waals surface area contributed by atoms with Gasteiger partial charge in [0.05, 0.1) is 18.2 Å². The molecule has 1 N–H and O–H groups in total. The van der Waals surface area contributed by atoms with Gasteiger partial charge in [0.15, 0.2) is 0 Å². The highest BCUT2D eigenvalue weighted by molar-refractivity contribution is 5.32. The third-order valence-electron chi connectivity index (χ3n) is 2.50. The van der Waals surface area contributed by atoms with Crippen molar-refractivity contribution in [3.8, 4) is 6.07 Å². The molecule has 1 aromatic rings. The minimum atomic E-state index is -4.28. The Morgan fingerprint density at radius 2 is 2.05 bits per heavy atom. The van der Waals surface area contributed by atoms with E-state index in [9.17, 15) is 13.2 Å². The number of rotatable bonds is 6. The fraction of sp³-hybridized carbons (Fsp3) is 0.462. The van der Waals surface area contributed by atoms with Crippen LogP contribution in [0.3, 0.4) is 0 Å². The van der Waals surface area contributed by atoms with Crippen LogP contribution in [0.25, 0.3) is 0 Å². The van der Waals surface area contributed by atoms with Gasteiger partial charge in [-0.3, -0.25) is 4.90 Å². The summed E-state index contributed by atoms with van der Waals surface area (Å²) in [5.41, 5.74) is 1.08. The van der Waals surface area contributed by atoms with Crippen molar-refractivity contribution < 1.29 is 18.3 Å². The first-order valence-corrected chi connectivity index (χ1v) is 5.83. The zero-order chi connectivity index (χ0) is 14.3. The Bertz CT molecular complexity index is 440. The summed E-state index contributed by atoms with van der Waals surface area (Å²) in [6.45, 7) is -0.905. The molecule has 0 unspecified atom stereocenters. The molecule has 1 aromatic carbocycles. The van der Waals surface area contributed by atoms with E-state index in [2.05, 4.69) is 0 Å². The van der Waals surface area contributed by atoms with E-state index in [4.69, 9.17) is 10.4 Å². The predicted octanol–water partition coefficient (Wildman–Crippen LogP) is 2.30. The predicted molar refractivity (Wildman–Crippen MR) is 64.2 cm³/mol. The topological polar surface area (TPSA) is 47.3 Å². The molecule has 0 atom stereocenters. The molecule has 19 heavy (non-hydrogen) atoms. The molecule has 6 heteroatoms. The van der Waals surface area contributed by atoms with Crippen molar-refractivity contribution in [1.82, 2.24) is 4.90 Å². The molecule has 0 aliphatic heterocycles. The van der Waals surface area contributed by atoms with Gasteiger partial charge in [-0.15, -0.1) is 0 Å². The second-order valence-electron chi connectivity index (χ2n) is 4.22. The molecule has 3 nitrogen and oxygen atoms in total. The molecule has 0 aliphatic carbocycles. The van der Waals surface area contributed by atoms with Gasteiger partial charge in [0.25, 0.3) is 0 Å². The van der Waals surface area contributed by atoms with E-state index in [0.717, 1.165) is 0 Å². The first-order chi connectivity index (χ1) is 8.94. The molecule has 0 aliphatic rings. The summed E-state index contributed by atoms with van der Waals surface area (Å²) in [5, 5.41) is 17.5. The molecule has 0 fully saturated rings. The van der Waals surface area contributed by atoms with E-state index in [-0.39, 0.29) is 26.1 Å². The van der Waals surface area contributed by atoms with Crippen molar-refractivity contribution in [1.29, 1.82) is 5.26 Å². The number of hydrogen-bond donors (Lipinski definition) is 1. The number of nitrogens with zero attached hydrogens (tertiary/aromatic N) is 2. The summed E-state index contributed by atoms with van der Waals surface area (Å²) >= 11 is 0. The van der Waals surface area contributed by atoms with E-state index in [1.54, 1.807) is 24.3 Å². The molecule has 0 aromatic heterocycles. The molecule has 0 amide bonds. The molecular formula is C13H15F3N2O. The van der Waals surface area contributed by atoms with E-state index in [1.165, 1.54) is 4.90 Å². The van der Waals surface area contributed by atoms with Gasteiger partial charge >= 0.3 is 6.18 Å². The summed E-state index contributed by atoms with van der Waals surface area (Å²) in [6.07, 6.45) is -3.99. The monoisotopic (exact) mass is 272 g/mol. The maximum Gasteiger partial charge on any atom is 0.401 e. The average Bonchev–Trinajstić information content (AvgIpc) is 2.34. The largest absolute Gasteiger partial charge is 0.401 e. The van der Waals surface area contributed by atoms with Gasteiger partial charge in [0.2, 0.25) is 0 Å². The van der Waals surface area contributed by atoms with Crippen molar-refractivity contribution in [2.45, 2.75) is 19.1 Å². The van der Waals surface area contributed by atoms with E-state index >= 15 is 0 Å². The number of alkyl halides is 3. The van der Waals surface area contributed by atoms with Gasteiger partial charge in [-0.25, -0.2) is 0 Å². The van der Waals surface area contributed by atoms with E-state index in [0.29, 0.717) is 11.1 Å². The molecule has 0 radical (unpaired) electrons. The standard InChI is InChI=1S/C13H15F3N2O/c14-13(15,16)10-18(5-2-6-19)9-12-4-1-3-11(7-12)8-17/h1,3-4,7,19H,2,5-6,9-10H2. The highest BCUT2D eigenvalue weighted by atomic mass is 19.4. The van der Waals surface area contributed by atoms with Crippen LogP contribution in [0, 0.1) is 11.3 Å². The molecule has 0 saturated heterocycles. The summed E-state index contributed by atoms with van der Waals surface area (Å²) in [7, 11) is 0. The van der Waals surface area contributed by atoms with Crippen LogP contribution >= 0.6 is 0 Å². The lowest BCUT2D eigenvalue weighted by Gasteiger charge is -2.23. The van der Waals surface area contributed by atoms with Crippen LogP contribution in [0.15, 0.2) is 24.3 Å². The number of benzene rings is 1. The van der Waals surface area contributed by atoms with Crippen LogP contribution in [0.4, 0.5) is 13.2 Å². The molecule has 1 rings (SSSR count). The molecular weight excluding hydrogens is 257 g/mol. The fourth-order valence-electron chi connectivity index (χ4n) is 1.76. The first-order valence-electron chi connectivity index (χ1n) is 5.83. The van der Waals surface area contributed by atoms with Gasteiger partial charge in [-0.05, 0) is 24.1 Å². The second-order valence-corrected chi connectivity index (χ2v) is 4.22. The van der Waals surface area contributed by atoms with Gasteiger partial charge in [-0.2, -0.15) is 18.4 Å². The summed E-state index contributed by atoms with van der Waals surface area (Å²) < 4.78 is 37.3.